The molecule has 1 heterocycles. The molecular weight excluding hydrogens is 228 g/mol. The molecule has 0 spiro atoms. The van der Waals surface area contributed by atoms with Crippen molar-refractivity contribution in [3.8, 4) is 0 Å². The third kappa shape index (κ3) is 2.56. The molecule has 1 aromatic heterocycles. The first-order valence-electron chi connectivity index (χ1n) is 5.80. The summed E-state index contributed by atoms with van der Waals surface area (Å²) in [4.78, 5) is 15.9. The molecule has 1 unspecified atom stereocenters. The van der Waals surface area contributed by atoms with E-state index in [1.165, 1.54) is 17.3 Å². The molecule has 94 valence electrons. The summed E-state index contributed by atoms with van der Waals surface area (Å²) >= 11 is 0. The highest BCUT2D eigenvalue weighted by atomic mass is 16.2. The second kappa shape index (κ2) is 5.00. The number of aromatic nitrogens is 3. The minimum absolute atomic E-state index is 0.103. The van der Waals surface area contributed by atoms with E-state index in [1.54, 1.807) is 6.92 Å². The molecule has 18 heavy (non-hydrogen) atoms. The Morgan fingerprint density at radius 3 is 2.83 bits per heavy atom. The van der Waals surface area contributed by atoms with E-state index in [2.05, 4.69) is 15.4 Å². The first kappa shape index (κ1) is 12.3. The van der Waals surface area contributed by atoms with Gasteiger partial charge in [-0.15, -0.1) is 0 Å². The van der Waals surface area contributed by atoms with Crippen molar-refractivity contribution in [3.05, 3.63) is 42.0 Å². The molecule has 2 aromatic rings. The van der Waals surface area contributed by atoms with Crippen LogP contribution in [0.2, 0.25) is 0 Å². The molecule has 1 amide bonds. The molecule has 0 aliphatic rings. The average molecular weight is 244 g/mol. The van der Waals surface area contributed by atoms with Gasteiger partial charge in [0.25, 0.3) is 0 Å². The largest absolute Gasteiger partial charge is 0.324 e. The van der Waals surface area contributed by atoms with Gasteiger partial charge in [-0.25, -0.2) is 9.67 Å². The van der Waals surface area contributed by atoms with E-state index in [-0.39, 0.29) is 11.9 Å². The number of hydrogen-bond donors (Lipinski definition) is 1. The third-order valence-electron chi connectivity index (χ3n) is 2.86. The Labute approximate surface area is 106 Å². The van der Waals surface area contributed by atoms with Crippen molar-refractivity contribution in [2.24, 2.45) is 0 Å². The number of rotatable bonds is 3. The van der Waals surface area contributed by atoms with Crippen LogP contribution < -0.4 is 5.32 Å². The molecular formula is C13H16N4O. The molecule has 0 saturated carbocycles. The van der Waals surface area contributed by atoms with E-state index in [4.69, 9.17) is 0 Å². The molecule has 2 rings (SSSR count). The number of aryl methyl sites for hydroxylation is 2. The summed E-state index contributed by atoms with van der Waals surface area (Å²) in [5.41, 5.74) is 3.00. The normalized spacial score (nSPS) is 12.2. The lowest BCUT2D eigenvalue weighted by Gasteiger charge is -2.14. The fourth-order valence-corrected chi connectivity index (χ4v) is 1.65. The lowest BCUT2D eigenvalue weighted by Crippen LogP contribution is -2.24. The molecule has 1 aromatic carbocycles. The highest BCUT2D eigenvalue weighted by Gasteiger charge is 2.16. The second-order valence-electron chi connectivity index (χ2n) is 4.36. The summed E-state index contributed by atoms with van der Waals surface area (Å²) in [5, 5.41) is 6.88. The number of amides is 1. The van der Waals surface area contributed by atoms with Crippen LogP contribution in [0.4, 0.5) is 5.69 Å². The fraction of sp³-hybridized carbons (Fsp3) is 0.308. The second-order valence-corrected chi connectivity index (χ2v) is 4.36. The monoisotopic (exact) mass is 244 g/mol. The summed E-state index contributed by atoms with van der Waals surface area (Å²) in [5.74, 6) is -0.103. The van der Waals surface area contributed by atoms with Crippen molar-refractivity contribution in [2.45, 2.75) is 26.8 Å². The highest BCUT2D eigenvalue weighted by Crippen LogP contribution is 2.17. The number of anilines is 1. The Morgan fingerprint density at radius 1 is 1.39 bits per heavy atom. The Bertz CT molecular complexity index is 548. The summed E-state index contributed by atoms with van der Waals surface area (Å²) in [6, 6.07) is 5.59. The van der Waals surface area contributed by atoms with Crippen LogP contribution in [0.15, 0.2) is 30.9 Å². The maximum absolute atomic E-state index is 12.1. The first-order valence-corrected chi connectivity index (χ1v) is 5.80. The predicted octanol–water partition coefficient (Wildman–Crippen LogP) is 2.09. The number of carbonyl (C=O) groups is 1. The zero-order valence-electron chi connectivity index (χ0n) is 10.7. The topological polar surface area (TPSA) is 59.8 Å². The molecule has 0 radical (unpaired) electrons. The van der Waals surface area contributed by atoms with Crippen LogP contribution in [0, 0.1) is 13.8 Å². The Hall–Kier alpha value is -2.17. The number of hydrogen-bond acceptors (Lipinski definition) is 3. The van der Waals surface area contributed by atoms with Gasteiger partial charge in [-0.2, -0.15) is 5.10 Å². The molecule has 0 bridgehead atoms. The number of carbonyl (C=O) groups excluding carboxylic acids is 1. The smallest absolute Gasteiger partial charge is 0.249 e. The van der Waals surface area contributed by atoms with E-state index in [1.807, 2.05) is 32.0 Å². The van der Waals surface area contributed by atoms with Crippen molar-refractivity contribution in [1.29, 1.82) is 0 Å². The predicted molar refractivity (Wildman–Crippen MR) is 69.3 cm³/mol. The Kier molecular flexibility index (Phi) is 3.41. The summed E-state index contributed by atoms with van der Waals surface area (Å²) in [6.45, 7) is 5.75. The third-order valence-corrected chi connectivity index (χ3v) is 2.86. The van der Waals surface area contributed by atoms with Gasteiger partial charge in [-0.1, -0.05) is 12.1 Å². The summed E-state index contributed by atoms with van der Waals surface area (Å²) in [6.07, 6.45) is 2.95. The molecule has 0 aliphatic carbocycles. The minimum Gasteiger partial charge on any atom is -0.324 e. The van der Waals surface area contributed by atoms with Gasteiger partial charge < -0.3 is 5.32 Å². The van der Waals surface area contributed by atoms with Crippen LogP contribution in [0.3, 0.4) is 0 Å². The van der Waals surface area contributed by atoms with E-state index in [9.17, 15) is 4.79 Å². The molecule has 0 fully saturated rings. The van der Waals surface area contributed by atoms with Crippen molar-refractivity contribution >= 4 is 11.6 Å². The molecule has 5 heteroatoms. The quantitative estimate of drug-likeness (QED) is 0.899. The summed E-state index contributed by atoms with van der Waals surface area (Å²) < 4.78 is 1.53. The molecule has 1 N–H and O–H groups in total. The number of nitrogens with zero attached hydrogens (tertiary/aromatic N) is 3. The number of benzene rings is 1. The van der Waals surface area contributed by atoms with E-state index in [0.717, 1.165) is 16.8 Å². The highest BCUT2D eigenvalue weighted by molar-refractivity contribution is 5.94. The average Bonchev–Trinajstić information content (AvgIpc) is 2.86. The SMILES string of the molecule is Cc1ccc(C)c(NC(=O)C(C)n2cncn2)c1. The standard InChI is InChI=1S/C13H16N4O/c1-9-4-5-10(2)12(6-9)16-13(18)11(3)17-8-14-7-15-17/h4-8,11H,1-3H3,(H,16,18). The minimum atomic E-state index is -0.382. The van der Waals surface area contributed by atoms with Gasteiger partial charge in [0.15, 0.2) is 0 Å². The van der Waals surface area contributed by atoms with Crippen LogP contribution >= 0.6 is 0 Å². The van der Waals surface area contributed by atoms with Gasteiger partial charge >= 0.3 is 0 Å². The van der Waals surface area contributed by atoms with Crippen molar-refractivity contribution in [2.75, 3.05) is 5.32 Å². The van der Waals surface area contributed by atoms with Crippen molar-refractivity contribution < 1.29 is 4.79 Å². The zero-order valence-corrected chi connectivity index (χ0v) is 10.7. The van der Waals surface area contributed by atoms with Crippen LogP contribution in [-0.4, -0.2) is 20.7 Å². The van der Waals surface area contributed by atoms with E-state index >= 15 is 0 Å². The Balaban J connectivity index is 2.14. The van der Waals surface area contributed by atoms with E-state index < -0.39 is 0 Å². The maximum atomic E-state index is 12.1. The van der Waals surface area contributed by atoms with Gasteiger partial charge in [0.1, 0.15) is 18.7 Å². The molecule has 5 nitrogen and oxygen atoms in total. The maximum Gasteiger partial charge on any atom is 0.249 e. The number of nitrogens with one attached hydrogen (secondary N) is 1. The van der Waals surface area contributed by atoms with Gasteiger partial charge in [0.2, 0.25) is 5.91 Å². The van der Waals surface area contributed by atoms with Gasteiger partial charge in [0, 0.05) is 5.69 Å². The molecule has 0 saturated heterocycles. The van der Waals surface area contributed by atoms with Crippen molar-refractivity contribution in [1.82, 2.24) is 14.8 Å². The Morgan fingerprint density at radius 2 is 2.17 bits per heavy atom. The van der Waals surface area contributed by atoms with Crippen molar-refractivity contribution in [3.63, 3.8) is 0 Å². The van der Waals surface area contributed by atoms with Crippen LogP contribution in [0.5, 0.6) is 0 Å². The summed E-state index contributed by atoms with van der Waals surface area (Å²) in [7, 11) is 0. The first-order chi connectivity index (χ1) is 8.58. The molecule has 1 atom stereocenters. The van der Waals surface area contributed by atoms with E-state index in [0.29, 0.717) is 0 Å². The molecule has 0 aliphatic heterocycles. The lowest BCUT2D eigenvalue weighted by atomic mass is 10.1. The van der Waals surface area contributed by atoms with Gasteiger partial charge in [-0.05, 0) is 38.0 Å². The lowest BCUT2D eigenvalue weighted by molar-refractivity contribution is -0.119. The van der Waals surface area contributed by atoms with Crippen LogP contribution in [0.1, 0.15) is 24.1 Å². The van der Waals surface area contributed by atoms with Crippen LogP contribution in [-0.2, 0) is 4.79 Å². The fourth-order valence-electron chi connectivity index (χ4n) is 1.65. The van der Waals surface area contributed by atoms with Crippen LogP contribution in [0.25, 0.3) is 0 Å². The van der Waals surface area contributed by atoms with Gasteiger partial charge in [-0.3, -0.25) is 4.79 Å². The zero-order chi connectivity index (χ0) is 13.1. The van der Waals surface area contributed by atoms with Gasteiger partial charge in [0.05, 0.1) is 0 Å².